The number of fused-ring (bicyclic) bond motifs is 4. The van der Waals surface area contributed by atoms with Gasteiger partial charge in [0.15, 0.2) is 6.29 Å². The average Bonchev–Trinajstić information content (AvgIpc) is 3.18. The molecule has 0 saturated carbocycles. The van der Waals surface area contributed by atoms with E-state index in [2.05, 4.69) is 6.58 Å². The van der Waals surface area contributed by atoms with Crippen molar-refractivity contribution < 1.29 is 33.6 Å². The van der Waals surface area contributed by atoms with Crippen LogP contribution in [0, 0.1) is 11.8 Å². The molecule has 0 radical (unpaired) electrons. The number of epoxide rings is 1. The van der Waals surface area contributed by atoms with Crippen LogP contribution in [-0.4, -0.2) is 53.9 Å². The number of aliphatic hydroxyl groups is 1. The van der Waals surface area contributed by atoms with Crippen molar-refractivity contribution in [2.24, 2.45) is 11.8 Å². The summed E-state index contributed by atoms with van der Waals surface area (Å²) in [5.74, 6) is -1.67. The van der Waals surface area contributed by atoms with E-state index in [1.807, 2.05) is 0 Å². The first-order chi connectivity index (χ1) is 12.3. The van der Waals surface area contributed by atoms with Crippen LogP contribution in [0.5, 0.6) is 0 Å². The number of carbonyl (C=O) groups is 2. The van der Waals surface area contributed by atoms with Crippen LogP contribution in [0.3, 0.4) is 0 Å². The maximum Gasteiger partial charge on any atom is 0.334 e. The van der Waals surface area contributed by atoms with Crippen molar-refractivity contribution in [1.29, 1.82) is 0 Å². The standard InChI is InChI=1S/C19H24O7/c1-9(2)16(20)24-12-6-11-4-5-14-19(26-14,8-23-18(11)22)7-13-15(12)10(3)17(21)25-13/h6,9,12-15,18,22H,3-5,7-8H2,1-2H3/b11-6-. The summed E-state index contributed by atoms with van der Waals surface area (Å²) in [6.45, 7) is 7.59. The molecule has 6 unspecified atom stereocenters. The van der Waals surface area contributed by atoms with Gasteiger partial charge in [-0.2, -0.15) is 0 Å². The highest BCUT2D eigenvalue weighted by molar-refractivity contribution is 5.91. The summed E-state index contributed by atoms with van der Waals surface area (Å²) in [6.07, 6.45) is 1.13. The van der Waals surface area contributed by atoms with Crippen LogP contribution in [0.1, 0.15) is 33.1 Å². The highest BCUT2D eigenvalue weighted by Crippen LogP contribution is 2.50. The van der Waals surface area contributed by atoms with Gasteiger partial charge in [0, 0.05) is 12.0 Å². The van der Waals surface area contributed by atoms with E-state index in [-0.39, 0.29) is 30.2 Å². The van der Waals surface area contributed by atoms with E-state index in [1.54, 1.807) is 19.9 Å². The number of hydrogen-bond acceptors (Lipinski definition) is 7. The van der Waals surface area contributed by atoms with Gasteiger partial charge in [0.05, 0.1) is 24.5 Å². The van der Waals surface area contributed by atoms with Crippen LogP contribution in [0.15, 0.2) is 23.8 Å². The lowest BCUT2D eigenvalue weighted by atomic mass is 9.81. The summed E-state index contributed by atoms with van der Waals surface area (Å²) in [6, 6.07) is 0. The molecule has 0 aromatic rings. The van der Waals surface area contributed by atoms with Crippen molar-refractivity contribution in [1.82, 2.24) is 0 Å². The third-order valence-corrected chi connectivity index (χ3v) is 5.73. The van der Waals surface area contributed by atoms with Crippen LogP contribution in [0.4, 0.5) is 0 Å². The third-order valence-electron chi connectivity index (χ3n) is 5.73. The number of hydrogen-bond donors (Lipinski definition) is 1. The van der Waals surface area contributed by atoms with Gasteiger partial charge in [0.1, 0.15) is 17.8 Å². The van der Waals surface area contributed by atoms with Crippen LogP contribution in [-0.2, 0) is 28.5 Å². The van der Waals surface area contributed by atoms with Crippen LogP contribution in [0.25, 0.3) is 0 Å². The van der Waals surface area contributed by atoms with Gasteiger partial charge in [-0.15, -0.1) is 0 Å². The molecule has 0 aromatic heterocycles. The zero-order valence-electron chi connectivity index (χ0n) is 15.0. The molecule has 1 spiro atoms. The van der Waals surface area contributed by atoms with Crippen LogP contribution < -0.4 is 0 Å². The van der Waals surface area contributed by atoms with Gasteiger partial charge in [-0.1, -0.05) is 20.4 Å². The Morgan fingerprint density at radius 3 is 2.96 bits per heavy atom. The predicted molar refractivity (Wildman–Crippen MR) is 88.7 cm³/mol. The monoisotopic (exact) mass is 364 g/mol. The molecule has 26 heavy (non-hydrogen) atoms. The lowest BCUT2D eigenvalue weighted by Crippen LogP contribution is -2.41. The second kappa shape index (κ2) is 6.18. The first-order valence-electron chi connectivity index (χ1n) is 9.09. The second-order valence-electron chi connectivity index (χ2n) is 7.87. The molecule has 5 aliphatic rings. The fourth-order valence-corrected chi connectivity index (χ4v) is 4.11. The molecule has 4 aliphatic heterocycles. The molecule has 7 nitrogen and oxygen atoms in total. The van der Waals surface area contributed by atoms with Crippen molar-refractivity contribution in [3.8, 4) is 0 Å². The summed E-state index contributed by atoms with van der Waals surface area (Å²) in [5, 5.41) is 10.4. The maximum absolute atomic E-state index is 12.2. The SMILES string of the molecule is C=C1C(=O)OC2CC34COC(O)/C(=C\C(OC(=O)C(C)C)C12)CCC3O4. The van der Waals surface area contributed by atoms with Crippen molar-refractivity contribution in [2.75, 3.05) is 6.61 Å². The highest BCUT2D eigenvalue weighted by atomic mass is 16.7. The van der Waals surface area contributed by atoms with E-state index in [9.17, 15) is 14.7 Å². The van der Waals surface area contributed by atoms with Gasteiger partial charge in [0.2, 0.25) is 0 Å². The van der Waals surface area contributed by atoms with Gasteiger partial charge >= 0.3 is 11.9 Å². The van der Waals surface area contributed by atoms with Crippen molar-refractivity contribution in [2.45, 2.75) is 63.3 Å². The molecule has 1 N–H and O–H groups in total. The summed E-state index contributed by atoms with van der Waals surface area (Å²) in [7, 11) is 0. The lowest BCUT2D eigenvalue weighted by Gasteiger charge is -2.32. The Hall–Kier alpha value is -1.70. The Labute approximate surface area is 151 Å². The van der Waals surface area contributed by atoms with E-state index in [0.717, 1.165) is 6.42 Å². The Balaban J connectivity index is 1.75. The Kier molecular flexibility index (Phi) is 4.21. The minimum absolute atomic E-state index is 0.0152. The molecular weight excluding hydrogens is 340 g/mol. The number of carbonyl (C=O) groups excluding carboxylic acids is 2. The van der Waals surface area contributed by atoms with E-state index < -0.39 is 36.0 Å². The molecule has 4 heterocycles. The Morgan fingerprint density at radius 1 is 1.46 bits per heavy atom. The molecule has 1 aliphatic carbocycles. The molecule has 7 heteroatoms. The van der Waals surface area contributed by atoms with Crippen molar-refractivity contribution in [3.05, 3.63) is 23.8 Å². The highest BCUT2D eigenvalue weighted by Gasteiger charge is 2.61. The fraction of sp³-hybridized carbons (Fsp3) is 0.684. The molecule has 142 valence electrons. The first kappa shape index (κ1) is 17.7. The van der Waals surface area contributed by atoms with E-state index in [4.69, 9.17) is 18.9 Å². The van der Waals surface area contributed by atoms with Gasteiger partial charge < -0.3 is 24.1 Å². The topological polar surface area (TPSA) is 94.6 Å². The number of ether oxygens (including phenoxy) is 4. The van der Waals surface area contributed by atoms with Gasteiger partial charge in [-0.3, -0.25) is 4.79 Å². The zero-order chi connectivity index (χ0) is 18.6. The summed E-state index contributed by atoms with van der Waals surface area (Å²) < 4.78 is 22.7. The quantitative estimate of drug-likeness (QED) is 0.341. The van der Waals surface area contributed by atoms with Crippen molar-refractivity contribution in [3.63, 3.8) is 0 Å². The van der Waals surface area contributed by atoms with Crippen molar-refractivity contribution >= 4 is 11.9 Å². The number of esters is 2. The maximum atomic E-state index is 12.2. The summed E-state index contributed by atoms with van der Waals surface area (Å²) >= 11 is 0. The van der Waals surface area contributed by atoms with E-state index in [1.165, 1.54) is 0 Å². The normalized spacial score (nSPS) is 43.7. The number of rotatable bonds is 2. The lowest BCUT2D eigenvalue weighted by molar-refractivity contribution is -0.154. The molecule has 0 aromatic carbocycles. The fourth-order valence-electron chi connectivity index (χ4n) is 4.11. The third kappa shape index (κ3) is 2.88. The van der Waals surface area contributed by atoms with Gasteiger partial charge in [0.25, 0.3) is 0 Å². The van der Waals surface area contributed by atoms with Gasteiger partial charge in [-0.05, 0) is 24.5 Å². The largest absolute Gasteiger partial charge is 0.458 e. The summed E-state index contributed by atoms with van der Waals surface area (Å²) in [4.78, 5) is 24.4. The Bertz CT molecular complexity index is 681. The molecular formula is C19H24O7. The minimum atomic E-state index is -1.08. The average molecular weight is 364 g/mol. The molecule has 0 amide bonds. The minimum Gasteiger partial charge on any atom is -0.458 e. The molecule has 2 bridgehead atoms. The predicted octanol–water partition coefficient (Wildman–Crippen LogP) is 1.25. The second-order valence-corrected chi connectivity index (χ2v) is 7.87. The van der Waals surface area contributed by atoms with Gasteiger partial charge in [-0.25, -0.2) is 4.79 Å². The summed E-state index contributed by atoms with van der Waals surface area (Å²) in [5.41, 5.74) is 0.351. The van der Waals surface area contributed by atoms with E-state index >= 15 is 0 Å². The van der Waals surface area contributed by atoms with Crippen LogP contribution in [0.2, 0.25) is 0 Å². The van der Waals surface area contributed by atoms with Crippen LogP contribution >= 0.6 is 0 Å². The number of aliphatic hydroxyl groups excluding tert-OH is 1. The molecule has 6 atom stereocenters. The van der Waals surface area contributed by atoms with E-state index in [0.29, 0.717) is 18.4 Å². The smallest absolute Gasteiger partial charge is 0.334 e. The zero-order valence-corrected chi connectivity index (χ0v) is 15.0. The Morgan fingerprint density at radius 2 is 2.23 bits per heavy atom. The molecule has 5 rings (SSSR count). The molecule has 3 saturated heterocycles. The first-order valence-corrected chi connectivity index (χ1v) is 9.09. The molecule has 3 fully saturated rings.